The average Bonchev–Trinajstić information content (AvgIpc) is 2.99. The van der Waals surface area contributed by atoms with Crippen LogP contribution in [0.2, 0.25) is 0 Å². The first kappa shape index (κ1) is 40.6. The molecule has 42 heavy (non-hydrogen) atoms. The highest BCUT2D eigenvalue weighted by Crippen LogP contribution is 2.14. The highest BCUT2D eigenvalue weighted by molar-refractivity contribution is 5.70. The van der Waals surface area contributed by atoms with Crippen LogP contribution in [-0.2, 0) is 19.1 Å². The van der Waals surface area contributed by atoms with Crippen LogP contribution in [0, 0.1) is 0 Å². The van der Waals surface area contributed by atoms with E-state index in [1.807, 2.05) is 0 Å². The number of carbonyl (C=O) groups excluding carboxylic acids is 2. The van der Waals surface area contributed by atoms with Crippen LogP contribution in [0.5, 0.6) is 0 Å². The molecular weight excluding hydrogens is 524 g/mol. The number of allylic oxidation sites excluding steroid dienone is 2. The van der Waals surface area contributed by atoms with Crippen molar-refractivity contribution in [2.24, 2.45) is 0 Å². The van der Waals surface area contributed by atoms with Gasteiger partial charge < -0.3 is 14.6 Å². The van der Waals surface area contributed by atoms with Gasteiger partial charge in [-0.1, -0.05) is 154 Å². The Morgan fingerprint density at radius 2 is 0.881 bits per heavy atom. The lowest BCUT2D eigenvalue weighted by Gasteiger charge is -2.15. The van der Waals surface area contributed by atoms with E-state index in [1.165, 1.54) is 122 Å². The van der Waals surface area contributed by atoms with Gasteiger partial charge in [-0.05, 0) is 38.5 Å². The third kappa shape index (κ3) is 31.6. The zero-order valence-electron chi connectivity index (χ0n) is 28.0. The van der Waals surface area contributed by atoms with E-state index in [0.29, 0.717) is 12.8 Å². The van der Waals surface area contributed by atoms with Gasteiger partial charge >= 0.3 is 11.9 Å². The highest BCUT2D eigenvalue weighted by Gasteiger charge is 2.16. The predicted octanol–water partition coefficient (Wildman–Crippen LogP) is 11.0. The Kier molecular flexibility index (Phi) is 33.0. The molecule has 5 heteroatoms. The van der Waals surface area contributed by atoms with Gasteiger partial charge in [0.2, 0.25) is 0 Å². The molecular formula is C37H70O5. The van der Waals surface area contributed by atoms with Gasteiger partial charge in [0.1, 0.15) is 6.61 Å². The normalized spacial score (nSPS) is 12.2. The van der Waals surface area contributed by atoms with Crippen molar-refractivity contribution in [2.75, 3.05) is 13.2 Å². The lowest BCUT2D eigenvalue weighted by atomic mass is 10.0. The molecule has 0 amide bonds. The van der Waals surface area contributed by atoms with Crippen molar-refractivity contribution < 1.29 is 24.2 Å². The van der Waals surface area contributed by atoms with Crippen molar-refractivity contribution in [1.29, 1.82) is 0 Å². The average molecular weight is 595 g/mol. The van der Waals surface area contributed by atoms with Crippen LogP contribution in [0.3, 0.4) is 0 Å². The number of aliphatic hydroxyl groups is 1. The molecule has 0 aliphatic heterocycles. The summed E-state index contributed by atoms with van der Waals surface area (Å²) < 4.78 is 10.6. The Balaban J connectivity index is 3.55. The van der Waals surface area contributed by atoms with Crippen LogP contribution in [0.25, 0.3) is 0 Å². The summed E-state index contributed by atoms with van der Waals surface area (Å²) in [7, 11) is 0. The van der Waals surface area contributed by atoms with Crippen molar-refractivity contribution in [3.05, 3.63) is 12.2 Å². The fraction of sp³-hybridized carbons (Fsp3) is 0.892. The minimum absolute atomic E-state index is 0.0636. The largest absolute Gasteiger partial charge is 0.462 e. The number of aliphatic hydroxyl groups excluding tert-OH is 1. The molecule has 0 aromatic rings. The van der Waals surface area contributed by atoms with E-state index in [-0.39, 0.29) is 25.2 Å². The minimum Gasteiger partial charge on any atom is -0.462 e. The second kappa shape index (κ2) is 34.1. The number of carbonyl (C=O) groups is 2. The summed E-state index contributed by atoms with van der Waals surface area (Å²) in [4.78, 5) is 24.1. The second-order valence-electron chi connectivity index (χ2n) is 12.3. The van der Waals surface area contributed by atoms with Crippen molar-refractivity contribution in [2.45, 2.75) is 200 Å². The maximum atomic E-state index is 12.1. The topological polar surface area (TPSA) is 72.8 Å². The number of hydrogen-bond donors (Lipinski definition) is 1. The number of ether oxygens (including phenoxy) is 2. The lowest BCUT2D eigenvalue weighted by molar-refractivity contribution is -0.161. The van der Waals surface area contributed by atoms with E-state index in [9.17, 15) is 14.7 Å². The van der Waals surface area contributed by atoms with Gasteiger partial charge in [0.15, 0.2) is 6.10 Å². The smallest absolute Gasteiger partial charge is 0.306 e. The van der Waals surface area contributed by atoms with Crippen LogP contribution in [-0.4, -0.2) is 36.4 Å². The zero-order valence-corrected chi connectivity index (χ0v) is 28.0. The number of rotatable bonds is 33. The summed E-state index contributed by atoms with van der Waals surface area (Å²) in [6.45, 7) is 4.13. The minimum atomic E-state index is -0.767. The first-order chi connectivity index (χ1) is 20.6. The first-order valence-corrected chi connectivity index (χ1v) is 18.2. The summed E-state index contributed by atoms with van der Waals surface area (Å²) in [6.07, 6.45) is 36.9. The summed E-state index contributed by atoms with van der Waals surface area (Å²) >= 11 is 0. The SMILES string of the molecule is CCCCCCCC/C=C/CCCCCCCC(=O)O[C@@H](CO)COC(=O)CCCCCCCCCCCCCCC. The molecule has 0 saturated carbocycles. The van der Waals surface area contributed by atoms with Crippen molar-refractivity contribution in [3.63, 3.8) is 0 Å². The number of unbranched alkanes of at least 4 members (excludes halogenated alkanes) is 23. The Morgan fingerprint density at radius 1 is 0.524 bits per heavy atom. The van der Waals surface area contributed by atoms with E-state index in [1.54, 1.807) is 0 Å². The molecule has 0 saturated heterocycles. The molecule has 0 aromatic heterocycles. The van der Waals surface area contributed by atoms with Crippen molar-refractivity contribution in [1.82, 2.24) is 0 Å². The lowest BCUT2D eigenvalue weighted by Crippen LogP contribution is -2.28. The summed E-state index contributed by atoms with van der Waals surface area (Å²) in [5, 5.41) is 9.52. The third-order valence-electron chi connectivity index (χ3n) is 8.06. The van der Waals surface area contributed by atoms with Gasteiger partial charge in [-0.3, -0.25) is 9.59 Å². The van der Waals surface area contributed by atoms with Crippen LogP contribution in [0.15, 0.2) is 12.2 Å². The van der Waals surface area contributed by atoms with Gasteiger partial charge in [-0.15, -0.1) is 0 Å². The second-order valence-corrected chi connectivity index (χ2v) is 12.3. The number of hydrogen-bond acceptors (Lipinski definition) is 5. The molecule has 0 rings (SSSR count). The van der Waals surface area contributed by atoms with Gasteiger partial charge in [0, 0.05) is 12.8 Å². The first-order valence-electron chi connectivity index (χ1n) is 18.2. The fourth-order valence-electron chi connectivity index (χ4n) is 5.25. The molecule has 0 aliphatic rings. The van der Waals surface area contributed by atoms with Crippen molar-refractivity contribution >= 4 is 11.9 Å². The molecule has 1 N–H and O–H groups in total. The van der Waals surface area contributed by atoms with E-state index < -0.39 is 6.10 Å². The van der Waals surface area contributed by atoms with Gasteiger partial charge in [-0.2, -0.15) is 0 Å². The van der Waals surface area contributed by atoms with E-state index in [0.717, 1.165) is 44.9 Å². The van der Waals surface area contributed by atoms with Crippen LogP contribution in [0.4, 0.5) is 0 Å². The molecule has 248 valence electrons. The van der Waals surface area contributed by atoms with E-state index >= 15 is 0 Å². The van der Waals surface area contributed by atoms with Crippen LogP contribution >= 0.6 is 0 Å². The van der Waals surface area contributed by atoms with Gasteiger partial charge in [0.25, 0.3) is 0 Å². The zero-order chi connectivity index (χ0) is 30.8. The molecule has 0 spiro atoms. The predicted molar refractivity (Wildman–Crippen MR) is 178 cm³/mol. The van der Waals surface area contributed by atoms with Crippen molar-refractivity contribution in [3.8, 4) is 0 Å². The summed E-state index contributed by atoms with van der Waals surface area (Å²) in [5.41, 5.74) is 0. The summed E-state index contributed by atoms with van der Waals surface area (Å²) in [6, 6.07) is 0. The monoisotopic (exact) mass is 595 g/mol. The van der Waals surface area contributed by atoms with Crippen LogP contribution in [0.1, 0.15) is 194 Å². The van der Waals surface area contributed by atoms with E-state index in [2.05, 4.69) is 26.0 Å². The molecule has 0 aromatic carbocycles. The fourth-order valence-corrected chi connectivity index (χ4v) is 5.25. The Labute approximate surface area is 261 Å². The molecule has 0 bridgehead atoms. The van der Waals surface area contributed by atoms with E-state index in [4.69, 9.17) is 9.47 Å². The highest BCUT2D eigenvalue weighted by atomic mass is 16.6. The van der Waals surface area contributed by atoms with Gasteiger partial charge in [0.05, 0.1) is 6.61 Å². The standard InChI is InChI=1S/C37H70O5/c1-3-5-7-9-11-13-15-17-18-20-22-24-26-28-30-32-37(40)42-35(33-38)34-41-36(39)31-29-27-25-23-21-19-16-14-12-10-8-6-4-2/h17-18,35,38H,3-16,19-34H2,1-2H3/b18-17+/t35-/m0/s1. The molecule has 0 radical (unpaired) electrons. The molecule has 5 nitrogen and oxygen atoms in total. The van der Waals surface area contributed by atoms with Gasteiger partial charge in [-0.25, -0.2) is 0 Å². The Hall–Kier alpha value is -1.36. The maximum absolute atomic E-state index is 12.1. The molecule has 0 aliphatic carbocycles. The van der Waals surface area contributed by atoms with Crippen LogP contribution < -0.4 is 0 Å². The molecule has 0 heterocycles. The maximum Gasteiger partial charge on any atom is 0.306 e. The Morgan fingerprint density at radius 3 is 1.29 bits per heavy atom. The molecule has 1 atom stereocenters. The molecule has 0 unspecified atom stereocenters. The Bertz CT molecular complexity index is 603. The number of esters is 2. The quantitative estimate of drug-likeness (QED) is 0.0465. The molecule has 0 fully saturated rings. The third-order valence-corrected chi connectivity index (χ3v) is 8.06. The summed E-state index contributed by atoms with van der Waals surface area (Å²) in [5.74, 6) is -0.593.